The van der Waals surface area contributed by atoms with E-state index in [0.717, 1.165) is 11.3 Å². The number of benzene rings is 2. The zero-order valence-electron chi connectivity index (χ0n) is 10.4. The first kappa shape index (κ1) is 13.9. The molecule has 0 bridgehead atoms. The molecule has 0 aliphatic carbocycles. The van der Waals surface area contributed by atoms with Crippen LogP contribution in [0.2, 0.25) is 5.02 Å². The average molecular weight is 296 g/mol. The van der Waals surface area contributed by atoms with Crippen molar-refractivity contribution in [3.05, 3.63) is 53.1 Å². The lowest BCUT2D eigenvalue weighted by Gasteiger charge is -2.08. The van der Waals surface area contributed by atoms with Gasteiger partial charge in [0, 0.05) is 5.69 Å². The molecule has 0 amide bonds. The van der Waals surface area contributed by atoms with Crippen LogP contribution in [-0.4, -0.2) is 11.3 Å². The van der Waals surface area contributed by atoms with E-state index in [-0.39, 0.29) is 0 Å². The quantitative estimate of drug-likeness (QED) is 0.881. The van der Waals surface area contributed by atoms with Gasteiger partial charge in [0.25, 0.3) is 0 Å². The zero-order valence-corrected chi connectivity index (χ0v) is 12.0. The number of hydrogen-bond acceptors (Lipinski definition) is 3. The Kier molecular flexibility index (Phi) is 4.45. The third kappa shape index (κ3) is 3.28. The van der Waals surface area contributed by atoms with Crippen molar-refractivity contribution < 1.29 is 8.95 Å². The molecule has 0 heterocycles. The van der Waals surface area contributed by atoms with Gasteiger partial charge in [-0.25, -0.2) is 0 Å². The van der Waals surface area contributed by atoms with Crippen LogP contribution in [0.3, 0.4) is 0 Å². The molecule has 0 saturated carbocycles. The van der Waals surface area contributed by atoms with Gasteiger partial charge < -0.3 is 10.5 Å². The van der Waals surface area contributed by atoms with E-state index in [9.17, 15) is 4.21 Å². The number of nitrogen functional groups attached to an aromatic ring is 1. The number of anilines is 1. The average Bonchev–Trinajstić information content (AvgIpc) is 2.39. The maximum Gasteiger partial charge on any atom is 0.118 e. The Morgan fingerprint density at radius 1 is 1.21 bits per heavy atom. The summed E-state index contributed by atoms with van der Waals surface area (Å²) in [4.78, 5) is 0.500. The van der Waals surface area contributed by atoms with Gasteiger partial charge in [-0.15, -0.1) is 0 Å². The Bertz CT molecular complexity index is 579. The molecule has 3 nitrogen and oxygen atoms in total. The van der Waals surface area contributed by atoms with Crippen molar-refractivity contribution in [3.8, 4) is 5.75 Å². The number of rotatable bonds is 4. The topological polar surface area (TPSA) is 52.3 Å². The van der Waals surface area contributed by atoms with Gasteiger partial charge >= 0.3 is 0 Å². The molecule has 2 rings (SSSR count). The molecule has 0 aromatic heterocycles. The third-order valence-electron chi connectivity index (χ3n) is 2.68. The molecule has 0 aliphatic heterocycles. The van der Waals surface area contributed by atoms with Gasteiger partial charge in [0.1, 0.15) is 5.75 Å². The minimum atomic E-state index is -1.26. The molecule has 19 heavy (non-hydrogen) atoms. The smallest absolute Gasteiger partial charge is 0.118 e. The van der Waals surface area contributed by atoms with Gasteiger partial charge in [0.2, 0.25) is 0 Å². The molecule has 0 aliphatic rings. The second-order valence-corrected chi connectivity index (χ2v) is 5.79. The fourth-order valence-corrected chi connectivity index (χ4v) is 3.41. The molecule has 0 radical (unpaired) electrons. The molecule has 1 unspecified atom stereocenters. The minimum Gasteiger partial charge on any atom is -0.497 e. The van der Waals surface area contributed by atoms with Crippen LogP contribution in [0.1, 0.15) is 5.56 Å². The van der Waals surface area contributed by atoms with Crippen LogP contribution in [0.25, 0.3) is 0 Å². The van der Waals surface area contributed by atoms with E-state index in [2.05, 4.69) is 0 Å². The highest BCUT2D eigenvalue weighted by atomic mass is 35.5. The van der Waals surface area contributed by atoms with Crippen LogP contribution in [0, 0.1) is 0 Å². The summed E-state index contributed by atoms with van der Waals surface area (Å²) in [6.07, 6.45) is 0. The molecular formula is C14H14ClNO2S. The monoisotopic (exact) mass is 295 g/mol. The van der Waals surface area contributed by atoms with Crippen molar-refractivity contribution in [1.29, 1.82) is 0 Å². The van der Waals surface area contributed by atoms with Crippen LogP contribution in [0.5, 0.6) is 5.75 Å². The van der Waals surface area contributed by atoms with Gasteiger partial charge in [0.05, 0.1) is 33.6 Å². The third-order valence-corrected chi connectivity index (χ3v) is 4.62. The Hall–Kier alpha value is -1.52. The second-order valence-electron chi connectivity index (χ2n) is 4.00. The van der Waals surface area contributed by atoms with Gasteiger partial charge in [-0.3, -0.25) is 4.21 Å². The fourth-order valence-electron chi connectivity index (χ4n) is 1.71. The highest BCUT2D eigenvalue weighted by Gasteiger charge is 2.12. The number of ether oxygens (including phenoxy) is 1. The molecule has 1 atom stereocenters. The van der Waals surface area contributed by atoms with Gasteiger partial charge in [-0.1, -0.05) is 29.8 Å². The summed E-state index contributed by atoms with van der Waals surface area (Å²) < 4.78 is 17.4. The van der Waals surface area contributed by atoms with Gasteiger partial charge in [0.15, 0.2) is 0 Å². The summed E-state index contributed by atoms with van der Waals surface area (Å²) in [5, 5.41) is 0.437. The summed E-state index contributed by atoms with van der Waals surface area (Å²) >= 11 is 6.05. The minimum absolute atomic E-state index is 0.373. The molecule has 2 aromatic rings. The number of methoxy groups -OCH3 is 1. The lowest BCUT2D eigenvalue weighted by molar-refractivity contribution is 0.414. The Morgan fingerprint density at radius 3 is 2.47 bits per heavy atom. The lowest BCUT2D eigenvalue weighted by atomic mass is 10.2. The van der Waals surface area contributed by atoms with Crippen molar-refractivity contribution >= 4 is 28.1 Å². The highest BCUT2D eigenvalue weighted by Crippen LogP contribution is 2.27. The SMILES string of the molecule is COc1ccc(CS(=O)c2c(N)cccc2Cl)cc1. The summed E-state index contributed by atoms with van der Waals surface area (Å²) in [6.45, 7) is 0. The van der Waals surface area contributed by atoms with E-state index in [0.29, 0.717) is 21.4 Å². The summed E-state index contributed by atoms with van der Waals surface area (Å²) in [5.41, 5.74) is 7.22. The predicted molar refractivity (Wildman–Crippen MR) is 79.0 cm³/mol. The van der Waals surface area contributed by atoms with Gasteiger partial charge in [-0.05, 0) is 29.8 Å². The highest BCUT2D eigenvalue weighted by molar-refractivity contribution is 7.84. The van der Waals surface area contributed by atoms with Crippen LogP contribution in [0.15, 0.2) is 47.4 Å². The Labute approximate surface area is 119 Å². The van der Waals surface area contributed by atoms with Crippen molar-refractivity contribution in [3.63, 3.8) is 0 Å². The van der Waals surface area contributed by atoms with Crippen LogP contribution < -0.4 is 10.5 Å². The molecule has 100 valence electrons. The molecule has 5 heteroatoms. The normalized spacial score (nSPS) is 12.1. The summed E-state index contributed by atoms with van der Waals surface area (Å²) in [5.74, 6) is 1.14. The molecule has 0 fully saturated rings. The Balaban J connectivity index is 2.21. The first-order chi connectivity index (χ1) is 9.11. The molecule has 0 saturated heterocycles. The van der Waals surface area contributed by atoms with Crippen molar-refractivity contribution in [2.45, 2.75) is 10.6 Å². The summed E-state index contributed by atoms with van der Waals surface area (Å²) in [7, 11) is 0.345. The van der Waals surface area contributed by atoms with E-state index in [1.54, 1.807) is 25.3 Å². The number of hydrogen-bond donors (Lipinski definition) is 1. The molecule has 2 N–H and O–H groups in total. The Morgan fingerprint density at radius 2 is 1.89 bits per heavy atom. The molecule has 0 spiro atoms. The fraction of sp³-hybridized carbons (Fsp3) is 0.143. The maximum atomic E-state index is 12.3. The van der Waals surface area contributed by atoms with Gasteiger partial charge in [-0.2, -0.15) is 0 Å². The van der Waals surface area contributed by atoms with Crippen LogP contribution in [0.4, 0.5) is 5.69 Å². The lowest BCUT2D eigenvalue weighted by Crippen LogP contribution is -2.01. The summed E-state index contributed by atoms with van der Waals surface area (Å²) in [6, 6.07) is 12.6. The van der Waals surface area contributed by atoms with E-state index in [1.165, 1.54) is 0 Å². The predicted octanol–water partition coefficient (Wildman–Crippen LogP) is 3.24. The zero-order chi connectivity index (χ0) is 13.8. The molecular weight excluding hydrogens is 282 g/mol. The maximum absolute atomic E-state index is 12.3. The van der Waals surface area contributed by atoms with Crippen molar-refractivity contribution in [1.82, 2.24) is 0 Å². The van der Waals surface area contributed by atoms with E-state index >= 15 is 0 Å². The number of halogens is 1. The van der Waals surface area contributed by atoms with E-state index in [1.807, 2.05) is 24.3 Å². The second kappa shape index (κ2) is 6.08. The van der Waals surface area contributed by atoms with Crippen molar-refractivity contribution in [2.75, 3.05) is 12.8 Å². The first-order valence-electron chi connectivity index (χ1n) is 5.67. The largest absolute Gasteiger partial charge is 0.497 e. The first-order valence-corrected chi connectivity index (χ1v) is 7.37. The van der Waals surface area contributed by atoms with E-state index < -0.39 is 10.8 Å². The number of nitrogens with two attached hydrogens (primary N) is 1. The van der Waals surface area contributed by atoms with Crippen molar-refractivity contribution in [2.24, 2.45) is 0 Å². The van der Waals surface area contributed by atoms with E-state index in [4.69, 9.17) is 22.1 Å². The molecule has 2 aromatic carbocycles. The standard InChI is InChI=1S/C14H14ClNO2S/c1-18-11-7-5-10(6-8-11)9-19(17)14-12(15)3-2-4-13(14)16/h2-8H,9,16H2,1H3. The van der Waals surface area contributed by atoms with Crippen LogP contribution >= 0.6 is 11.6 Å². The van der Waals surface area contributed by atoms with Crippen LogP contribution in [-0.2, 0) is 16.6 Å².